The van der Waals surface area contributed by atoms with Gasteiger partial charge in [-0.05, 0) is 39.7 Å². The minimum absolute atomic E-state index is 0.541. The highest BCUT2D eigenvalue weighted by atomic mass is 79.9. The number of halogens is 1. The van der Waals surface area contributed by atoms with Crippen LogP contribution in [0, 0.1) is 0 Å². The fourth-order valence-electron chi connectivity index (χ4n) is 0.949. The first-order chi connectivity index (χ1) is 7.74. The number of hydrogen-bond donors (Lipinski definition) is 0. The van der Waals surface area contributed by atoms with E-state index in [2.05, 4.69) is 25.9 Å². The van der Waals surface area contributed by atoms with E-state index in [9.17, 15) is 0 Å². The van der Waals surface area contributed by atoms with Gasteiger partial charge < -0.3 is 0 Å². The summed E-state index contributed by atoms with van der Waals surface area (Å²) in [6.07, 6.45) is 3.59. The Labute approximate surface area is 112 Å². The van der Waals surface area contributed by atoms with E-state index in [1.165, 1.54) is 0 Å². The molecule has 2 radical (unpaired) electrons. The van der Waals surface area contributed by atoms with Crippen molar-refractivity contribution >= 4 is 51.0 Å². The average Bonchev–Trinajstić information content (AvgIpc) is 2.30. The average molecular weight is 309 g/mol. The first-order valence-electron chi connectivity index (χ1n) is 4.41. The van der Waals surface area contributed by atoms with Gasteiger partial charge in [-0.3, -0.25) is 4.98 Å². The molecule has 6 heteroatoms. The Bertz CT molecular complexity index is 416. The van der Waals surface area contributed by atoms with Crippen LogP contribution in [0.1, 0.15) is 0 Å². The SMILES string of the molecule is [B]c1ccc(SSc2ccc(Br)nc2)cn1. The first kappa shape index (κ1) is 12.0. The molecule has 0 bridgehead atoms. The number of rotatable bonds is 3. The molecule has 78 valence electrons. The molecule has 0 spiro atoms. The highest BCUT2D eigenvalue weighted by Gasteiger charge is 1.98. The fourth-order valence-corrected chi connectivity index (χ4v) is 2.98. The Morgan fingerprint density at radius 1 is 0.938 bits per heavy atom. The minimum atomic E-state index is 0.541. The molecule has 0 amide bonds. The summed E-state index contributed by atoms with van der Waals surface area (Å²) in [7, 11) is 8.78. The molecule has 0 aliphatic heterocycles. The maximum absolute atomic E-state index is 5.51. The summed E-state index contributed by atoms with van der Waals surface area (Å²) in [6.45, 7) is 0. The van der Waals surface area contributed by atoms with Crippen LogP contribution in [0.15, 0.2) is 51.1 Å². The lowest BCUT2D eigenvalue weighted by Gasteiger charge is -2.01. The molecular weight excluding hydrogens is 303 g/mol. The van der Waals surface area contributed by atoms with Gasteiger partial charge in [0.1, 0.15) is 12.4 Å². The largest absolute Gasteiger partial charge is 0.272 e. The molecule has 2 nitrogen and oxygen atoms in total. The van der Waals surface area contributed by atoms with Gasteiger partial charge in [-0.2, -0.15) is 0 Å². The van der Waals surface area contributed by atoms with Gasteiger partial charge >= 0.3 is 0 Å². The van der Waals surface area contributed by atoms with Gasteiger partial charge in [0.15, 0.2) is 0 Å². The topological polar surface area (TPSA) is 25.8 Å². The summed E-state index contributed by atoms with van der Waals surface area (Å²) in [5, 5.41) is 0. The molecule has 2 heterocycles. The van der Waals surface area contributed by atoms with Crippen molar-refractivity contribution < 1.29 is 0 Å². The summed E-state index contributed by atoms with van der Waals surface area (Å²) < 4.78 is 0.844. The molecular formula is C10H6BBrN2S2. The zero-order valence-corrected chi connectivity index (χ0v) is 11.3. The van der Waals surface area contributed by atoms with E-state index in [-0.39, 0.29) is 0 Å². The number of aromatic nitrogens is 2. The van der Waals surface area contributed by atoms with Crippen LogP contribution < -0.4 is 5.59 Å². The summed E-state index contributed by atoms with van der Waals surface area (Å²) in [4.78, 5) is 10.4. The summed E-state index contributed by atoms with van der Waals surface area (Å²) in [5.41, 5.74) is 0.541. The standard InChI is InChI=1S/C10H6BBrN2S2/c11-9-3-1-7(5-13-9)15-16-8-2-4-10(12)14-6-8/h1-6H. The third-order valence-electron chi connectivity index (χ3n) is 1.69. The highest BCUT2D eigenvalue weighted by Crippen LogP contribution is 2.36. The van der Waals surface area contributed by atoms with Crippen LogP contribution in [0.2, 0.25) is 0 Å². The second kappa shape index (κ2) is 5.75. The van der Waals surface area contributed by atoms with Crippen LogP contribution in [0.5, 0.6) is 0 Å². The molecule has 0 N–H and O–H groups in total. The van der Waals surface area contributed by atoms with E-state index in [0.717, 1.165) is 14.4 Å². The Hall–Kier alpha value is -0.455. The smallest absolute Gasteiger partial charge is 0.141 e. The molecule has 0 saturated heterocycles. The van der Waals surface area contributed by atoms with Crippen LogP contribution in [0.4, 0.5) is 0 Å². The lowest BCUT2D eigenvalue weighted by molar-refractivity contribution is 1.20. The maximum Gasteiger partial charge on any atom is 0.141 e. The van der Waals surface area contributed by atoms with Crippen molar-refractivity contribution in [2.24, 2.45) is 0 Å². The Kier molecular flexibility index (Phi) is 4.32. The van der Waals surface area contributed by atoms with E-state index in [0.29, 0.717) is 5.59 Å². The maximum atomic E-state index is 5.51. The van der Waals surface area contributed by atoms with Crippen molar-refractivity contribution in [3.05, 3.63) is 41.3 Å². The molecule has 0 aliphatic carbocycles. The van der Waals surface area contributed by atoms with Gasteiger partial charge in [0.2, 0.25) is 0 Å². The lowest BCUT2D eigenvalue weighted by atomic mass is 10.1. The molecule has 2 aromatic heterocycles. The second-order valence-corrected chi connectivity index (χ2v) is 5.99. The van der Waals surface area contributed by atoms with Crippen molar-refractivity contribution in [1.29, 1.82) is 0 Å². The summed E-state index contributed by atoms with van der Waals surface area (Å²) >= 11 is 3.30. The van der Waals surface area contributed by atoms with Crippen molar-refractivity contribution in [3.63, 3.8) is 0 Å². The van der Waals surface area contributed by atoms with Gasteiger partial charge in [0.05, 0.1) is 0 Å². The molecule has 0 saturated carbocycles. The molecule has 0 aromatic carbocycles. The summed E-state index contributed by atoms with van der Waals surface area (Å²) in [5.74, 6) is 0. The van der Waals surface area contributed by atoms with E-state index in [4.69, 9.17) is 7.85 Å². The molecule has 2 rings (SSSR count). The molecule has 0 aliphatic rings. The van der Waals surface area contributed by atoms with Crippen LogP contribution >= 0.6 is 37.5 Å². The van der Waals surface area contributed by atoms with Gasteiger partial charge in [-0.15, -0.1) is 0 Å². The fraction of sp³-hybridized carbons (Fsp3) is 0. The van der Waals surface area contributed by atoms with Crippen molar-refractivity contribution in [2.45, 2.75) is 9.79 Å². The van der Waals surface area contributed by atoms with Crippen LogP contribution in [0.25, 0.3) is 0 Å². The van der Waals surface area contributed by atoms with Crippen molar-refractivity contribution in [2.75, 3.05) is 0 Å². The van der Waals surface area contributed by atoms with Gasteiger partial charge in [0.25, 0.3) is 0 Å². The Morgan fingerprint density at radius 2 is 1.56 bits per heavy atom. The number of pyridine rings is 2. The third-order valence-corrected chi connectivity index (χ3v) is 4.52. The predicted octanol–water partition coefficient (Wildman–Crippen LogP) is 2.83. The normalized spacial score (nSPS) is 10.3. The predicted molar refractivity (Wildman–Crippen MR) is 73.3 cm³/mol. The summed E-state index contributed by atoms with van der Waals surface area (Å²) in [6, 6.07) is 7.68. The monoisotopic (exact) mass is 308 g/mol. The van der Waals surface area contributed by atoms with Gasteiger partial charge in [0, 0.05) is 22.2 Å². The van der Waals surface area contributed by atoms with Crippen molar-refractivity contribution in [3.8, 4) is 0 Å². The first-order valence-corrected chi connectivity index (χ1v) is 7.36. The molecule has 2 aromatic rings. The van der Waals surface area contributed by atoms with Gasteiger partial charge in [-0.1, -0.05) is 27.7 Å². The molecule has 0 atom stereocenters. The van der Waals surface area contributed by atoms with E-state index in [1.807, 2.05) is 24.4 Å². The van der Waals surface area contributed by atoms with E-state index >= 15 is 0 Å². The number of nitrogens with zero attached hydrogens (tertiary/aromatic N) is 2. The quantitative estimate of drug-likeness (QED) is 0.495. The zero-order valence-electron chi connectivity index (χ0n) is 8.13. The Morgan fingerprint density at radius 3 is 2.06 bits per heavy atom. The van der Waals surface area contributed by atoms with Crippen LogP contribution in [-0.2, 0) is 0 Å². The minimum Gasteiger partial charge on any atom is -0.272 e. The van der Waals surface area contributed by atoms with Gasteiger partial charge in [-0.25, -0.2) is 4.98 Å². The second-order valence-electron chi connectivity index (χ2n) is 2.90. The Balaban J connectivity index is 1.97. The molecule has 0 unspecified atom stereocenters. The third kappa shape index (κ3) is 3.54. The van der Waals surface area contributed by atoms with Crippen LogP contribution in [-0.4, -0.2) is 17.8 Å². The number of hydrogen-bond acceptors (Lipinski definition) is 4. The van der Waals surface area contributed by atoms with E-state index in [1.54, 1.807) is 33.9 Å². The zero-order chi connectivity index (χ0) is 11.4. The van der Waals surface area contributed by atoms with Crippen LogP contribution in [0.3, 0.4) is 0 Å². The van der Waals surface area contributed by atoms with E-state index < -0.39 is 0 Å². The molecule has 16 heavy (non-hydrogen) atoms. The molecule has 0 fully saturated rings. The highest BCUT2D eigenvalue weighted by molar-refractivity contribution is 9.10. The van der Waals surface area contributed by atoms with Crippen molar-refractivity contribution in [1.82, 2.24) is 9.97 Å². The lowest BCUT2D eigenvalue weighted by Crippen LogP contribution is -2.05.